The Morgan fingerprint density at radius 3 is 2.73 bits per heavy atom. The lowest BCUT2D eigenvalue weighted by molar-refractivity contribution is -0.0668. The van der Waals surface area contributed by atoms with Gasteiger partial charge in [-0.05, 0) is 25.5 Å². The highest BCUT2D eigenvalue weighted by molar-refractivity contribution is 5.94. The Kier molecular flexibility index (Phi) is 2.23. The monoisotopic (exact) mass is 206 g/mol. The predicted octanol–water partition coefficient (Wildman–Crippen LogP) is 0.597. The van der Waals surface area contributed by atoms with E-state index in [2.05, 4.69) is 4.98 Å². The second-order valence-corrected chi connectivity index (χ2v) is 4.41. The van der Waals surface area contributed by atoms with E-state index in [0.29, 0.717) is 18.7 Å². The summed E-state index contributed by atoms with van der Waals surface area (Å²) in [5.74, 6) is -0.0577. The maximum absolute atomic E-state index is 11.8. The zero-order chi connectivity index (χ0) is 11.1. The van der Waals surface area contributed by atoms with E-state index < -0.39 is 5.60 Å². The van der Waals surface area contributed by atoms with Gasteiger partial charge in [-0.1, -0.05) is 0 Å². The van der Waals surface area contributed by atoms with Crippen LogP contribution in [0.2, 0.25) is 0 Å². The molecule has 1 aromatic rings. The molecule has 80 valence electrons. The zero-order valence-electron chi connectivity index (χ0n) is 8.90. The van der Waals surface area contributed by atoms with E-state index in [9.17, 15) is 9.90 Å². The van der Waals surface area contributed by atoms with Crippen LogP contribution in [-0.4, -0.2) is 39.6 Å². The van der Waals surface area contributed by atoms with Crippen LogP contribution in [0.1, 0.15) is 22.8 Å². The number of hydrogen-bond acceptors (Lipinski definition) is 3. The molecule has 0 saturated carbocycles. The van der Waals surface area contributed by atoms with Crippen LogP contribution in [0.25, 0.3) is 0 Å². The largest absolute Gasteiger partial charge is 0.386 e. The number of pyridine rings is 1. The molecular formula is C11H14N2O2. The number of aromatic nitrogens is 1. The molecular weight excluding hydrogens is 192 g/mol. The van der Waals surface area contributed by atoms with Gasteiger partial charge in [-0.15, -0.1) is 0 Å². The first-order valence-electron chi connectivity index (χ1n) is 4.91. The van der Waals surface area contributed by atoms with E-state index in [1.807, 2.05) is 13.0 Å². The Labute approximate surface area is 88.6 Å². The van der Waals surface area contributed by atoms with Crippen LogP contribution < -0.4 is 0 Å². The van der Waals surface area contributed by atoms with E-state index in [0.717, 1.165) is 5.56 Å². The molecule has 0 aliphatic carbocycles. The number of hydrogen-bond donors (Lipinski definition) is 1. The lowest BCUT2D eigenvalue weighted by atomic mass is 9.96. The Morgan fingerprint density at radius 2 is 2.20 bits per heavy atom. The Morgan fingerprint density at radius 1 is 1.53 bits per heavy atom. The molecule has 1 aliphatic rings. The maximum Gasteiger partial charge on any atom is 0.255 e. The third kappa shape index (κ3) is 1.99. The van der Waals surface area contributed by atoms with Gasteiger partial charge in [0, 0.05) is 12.4 Å². The van der Waals surface area contributed by atoms with Crippen molar-refractivity contribution in [3.63, 3.8) is 0 Å². The van der Waals surface area contributed by atoms with Crippen LogP contribution in [-0.2, 0) is 0 Å². The van der Waals surface area contributed by atoms with Gasteiger partial charge < -0.3 is 10.0 Å². The van der Waals surface area contributed by atoms with Crippen molar-refractivity contribution in [2.75, 3.05) is 13.1 Å². The van der Waals surface area contributed by atoms with Crippen molar-refractivity contribution in [3.8, 4) is 0 Å². The summed E-state index contributed by atoms with van der Waals surface area (Å²) in [6.45, 7) is 4.43. The van der Waals surface area contributed by atoms with Gasteiger partial charge in [0.1, 0.15) is 0 Å². The molecule has 1 saturated heterocycles. The fourth-order valence-corrected chi connectivity index (χ4v) is 1.77. The molecule has 4 heteroatoms. The van der Waals surface area contributed by atoms with Crippen molar-refractivity contribution in [2.45, 2.75) is 19.4 Å². The lowest BCUT2D eigenvalue weighted by Crippen LogP contribution is -2.61. The summed E-state index contributed by atoms with van der Waals surface area (Å²) in [6, 6.07) is 1.81. The molecule has 0 aromatic carbocycles. The maximum atomic E-state index is 11.8. The van der Waals surface area contributed by atoms with Crippen molar-refractivity contribution in [3.05, 3.63) is 29.6 Å². The van der Waals surface area contributed by atoms with Crippen LogP contribution in [0.5, 0.6) is 0 Å². The highest BCUT2D eigenvalue weighted by Gasteiger charge is 2.39. The first kappa shape index (κ1) is 10.1. The number of β-amino-alcohol motifs (C(OH)–C–C–N with tert-alkyl or cyclic N) is 1. The number of aryl methyl sites for hydroxylation is 1. The van der Waals surface area contributed by atoms with Crippen LogP contribution in [0.3, 0.4) is 0 Å². The minimum atomic E-state index is -0.715. The topological polar surface area (TPSA) is 53.4 Å². The number of nitrogens with zero attached hydrogens (tertiary/aromatic N) is 2. The van der Waals surface area contributed by atoms with Crippen molar-refractivity contribution in [1.29, 1.82) is 0 Å². The van der Waals surface area contributed by atoms with Crippen LogP contribution in [0.4, 0.5) is 0 Å². The molecule has 4 nitrogen and oxygen atoms in total. The second-order valence-electron chi connectivity index (χ2n) is 4.41. The summed E-state index contributed by atoms with van der Waals surface area (Å²) < 4.78 is 0. The van der Waals surface area contributed by atoms with E-state index >= 15 is 0 Å². The summed E-state index contributed by atoms with van der Waals surface area (Å²) in [4.78, 5) is 17.4. The van der Waals surface area contributed by atoms with Crippen LogP contribution in [0.15, 0.2) is 18.5 Å². The first-order valence-corrected chi connectivity index (χ1v) is 4.91. The second kappa shape index (κ2) is 3.31. The average Bonchev–Trinajstić information content (AvgIpc) is 2.13. The standard InChI is InChI=1S/C11H14N2O2/c1-8-3-9(5-12-4-8)10(14)13-6-11(2,15)7-13/h3-5,15H,6-7H2,1-2H3. The first-order chi connectivity index (χ1) is 6.98. The molecule has 0 bridgehead atoms. The fourth-order valence-electron chi connectivity index (χ4n) is 1.77. The Balaban J connectivity index is 2.10. The smallest absolute Gasteiger partial charge is 0.255 e. The van der Waals surface area contributed by atoms with Gasteiger partial charge in [-0.3, -0.25) is 9.78 Å². The van der Waals surface area contributed by atoms with Gasteiger partial charge in [-0.2, -0.15) is 0 Å². The van der Waals surface area contributed by atoms with Crippen molar-refractivity contribution in [1.82, 2.24) is 9.88 Å². The molecule has 1 aromatic heterocycles. The molecule has 0 radical (unpaired) electrons. The number of amides is 1. The molecule has 1 amide bonds. The van der Waals surface area contributed by atoms with E-state index in [4.69, 9.17) is 0 Å². The number of likely N-dealkylation sites (tertiary alicyclic amines) is 1. The van der Waals surface area contributed by atoms with Gasteiger partial charge in [0.25, 0.3) is 5.91 Å². The molecule has 0 unspecified atom stereocenters. The number of carbonyl (C=O) groups is 1. The highest BCUT2D eigenvalue weighted by Crippen LogP contribution is 2.21. The van der Waals surface area contributed by atoms with E-state index in [1.54, 1.807) is 24.2 Å². The van der Waals surface area contributed by atoms with Crippen LogP contribution in [0, 0.1) is 6.92 Å². The molecule has 1 aliphatic heterocycles. The highest BCUT2D eigenvalue weighted by atomic mass is 16.3. The number of aliphatic hydroxyl groups is 1. The number of rotatable bonds is 1. The zero-order valence-corrected chi connectivity index (χ0v) is 8.90. The van der Waals surface area contributed by atoms with Gasteiger partial charge in [0.15, 0.2) is 0 Å². The Bertz CT molecular complexity index is 393. The fraction of sp³-hybridized carbons (Fsp3) is 0.455. The normalized spacial score (nSPS) is 18.5. The van der Waals surface area contributed by atoms with E-state index in [1.165, 1.54) is 0 Å². The molecule has 1 N–H and O–H groups in total. The predicted molar refractivity (Wildman–Crippen MR) is 55.5 cm³/mol. The van der Waals surface area contributed by atoms with Gasteiger partial charge in [0.2, 0.25) is 0 Å². The molecule has 2 heterocycles. The van der Waals surface area contributed by atoms with Crippen molar-refractivity contribution in [2.24, 2.45) is 0 Å². The van der Waals surface area contributed by atoms with Gasteiger partial charge >= 0.3 is 0 Å². The summed E-state index contributed by atoms with van der Waals surface area (Å²) in [5, 5.41) is 9.52. The van der Waals surface area contributed by atoms with Gasteiger partial charge in [-0.25, -0.2) is 0 Å². The summed E-state index contributed by atoms with van der Waals surface area (Å²) in [6.07, 6.45) is 3.27. The minimum absolute atomic E-state index is 0.0577. The van der Waals surface area contributed by atoms with Crippen molar-refractivity contribution < 1.29 is 9.90 Å². The minimum Gasteiger partial charge on any atom is -0.386 e. The molecule has 2 rings (SSSR count). The summed E-state index contributed by atoms with van der Waals surface area (Å²) in [5.41, 5.74) is 0.839. The summed E-state index contributed by atoms with van der Waals surface area (Å²) >= 11 is 0. The van der Waals surface area contributed by atoms with E-state index in [-0.39, 0.29) is 5.91 Å². The van der Waals surface area contributed by atoms with Gasteiger partial charge in [0.05, 0.1) is 24.3 Å². The third-order valence-electron chi connectivity index (χ3n) is 2.47. The quantitative estimate of drug-likeness (QED) is 0.732. The SMILES string of the molecule is Cc1cncc(C(=O)N2CC(C)(O)C2)c1. The third-order valence-corrected chi connectivity index (χ3v) is 2.47. The molecule has 0 spiro atoms. The van der Waals surface area contributed by atoms with Crippen LogP contribution >= 0.6 is 0 Å². The number of carbonyl (C=O) groups excluding carboxylic acids is 1. The average molecular weight is 206 g/mol. The summed E-state index contributed by atoms with van der Waals surface area (Å²) in [7, 11) is 0. The van der Waals surface area contributed by atoms with Crippen molar-refractivity contribution >= 4 is 5.91 Å². The Hall–Kier alpha value is -1.42. The molecule has 15 heavy (non-hydrogen) atoms. The lowest BCUT2D eigenvalue weighted by Gasteiger charge is -2.44. The molecule has 0 atom stereocenters. The molecule has 1 fully saturated rings.